The van der Waals surface area contributed by atoms with E-state index in [-0.39, 0.29) is 19.0 Å². The SMILES string of the molecule is Cc1csc(CN(C)CC2(O)CCCN(Cc3ccc(F)c(F)c3)C2=O)n1. The first-order valence-corrected chi connectivity index (χ1v) is 9.70. The maximum Gasteiger partial charge on any atom is 0.256 e. The minimum atomic E-state index is -1.49. The Morgan fingerprint density at radius 1 is 1.37 bits per heavy atom. The molecule has 146 valence electrons. The lowest BCUT2D eigenvalue weighted by Gasteiger charge is -2.40. The van der Waals surface area contributed by atoms with Gasteiger partial charge >= 0.3 is 0 Å². The first-order valence-electron chi connectivity index (χ1n) is 8.82. The van der Waals surface area contributed by atoms with Gasteiger partial charge in [-0.15, -0.1) is 11.3 Å². The summed E-state index contributed by atoms with van der Waals surface area (Å²) in [4.78, 5) is 20.7. The molecule has 1 fully saturated rings. The van der Waals surface area contributed by atoms with Crippen LogP contribution in [0.15, 0.2) is 23.6 Å². The molecular weight excluding hydrogens is 372 g/mol. The van der Waals surface area contributed by atoms with Crippen LogP contribution in [0.1, 0.15) is 29.1 Å². The van der Waals surface area contributed by atoms with E-state index in [4.69, 9.17) is 0 Å². The Balaban J connectivity index is 1.66. The average Bonchev–Trinajstić information content (AvgIpc) is 3.00. The Morgan fingerprint density at radius 2 is 2.15 bits per heavy atom. The molecule has 0 saturated carbocycles. The molecule has 1 N–H and O–H groups in total. The maximum atomic E-state index is 13.4. The first-order chi connectivity index (χ1) is 12.8. The van der Waals surface area contributed by atoms with Crippen LogP contribution in [0.5, 0.6) is 0 Å². The Hall–Kier alpha value is -1.90. The van der Waals surface area contributed by atoms with E-state index in [1.807, 2.05) is 24.3 Å². The van der Waals surface area contributed by atoms with E-state index in [9.17, 15) is 18.7 Å². The number of piperidine rings is 1. The highest BCUT2D eigenvalue weighted by molar-refractivity contribution is 7.09. The average molecular weight is 395 g/mol. The minimum absolute atomic E-state index is 0.147. The van der Waals surface area contributed by atoms with Gasteiger partial charge in [0, 0.05) is 30.7 Å². The van der Waals surface area contributed by atoms with E-state index in [0.717, 1.165) is 22.8 Å². The van der Waals surface area contributed by atoms with Gasteiger partial charge in [0.1, 0.15) is 5.01 Å². The van der Waals surface area contributed by atoms with Crippen LogP contribution in [0.25, 0.3) is 0 Å². The van der Waals surface area contributed by atoms with Gasteiger partial charge < -0.3 is 10.0 Å². The first kappa shape index (κ1) is 19.9. The molecule has 8 heteroatoms. The van der Waals surface area contributed by atoms with E-state index < -0.39 is 17.2 Å². The molecule has 0 radical (unpaired) electrons. The molecule has 2 heterocycles. The molecule has 1 aromatic heterocycles. The van der Waals surface area contributed by atoms with Crippen molar-refractivity contribution in [3.8, 4) is 0 Å². The fourth-order valence-corrected chi connectivity index (χ4v) is 4.28. The van der Waals surface area contributed by atoms with Gasteiger partial charge in [-0.25, -0.2) is 13.8 Å². The van der Waals surface area contributed by atoms with Crippen molar-refractivity contribution in [2.75, 3.05) is 20.1 Å². The summed E-state index contributed by atoms with van der Waals surface area (Å²) in [7, 11) is 1.84. The number of aryl methyl sites for hydroxylation is 1. The van der Waals surface area contributed by atoms with Crippen LogP contribution in [0.3, 0.4) is 0 Å². The van der Waals surface area contributed by atoms with Gasteiger partial charge in [0.2, 0.25) is 0 Å². The number of hydrogen-bond donors (Lipinski definition) is 1. The number of hydrogen-bond acceptors (Lipinski definition) is 5. The van der Waals surface area contributed by atoms with Crippen molar-refractivity contribution in [3.05, 3.63) is 51.5 Å². The number of rotatable bonds is 6. The molecule has 0 aliphatic carbocycles. The van der Waals surface area contributed by atoms with E-state index in [1.54, 1.807) is 11.3 Å². The lowest BCUT2D eigenvalue weighted by Crippen LogP contribution is -2.57. The van der Waals surface area contributed by atoms with Crippen LogP contribution in [0, 0.1) is 18.6 Å². The molecule has 5 nitrogen and oxygen atoms in total. The lowest BCUT2D eigenvalue weighted by atomic mass is 9.91. The third-order valence-corrected chi connectivity index (χ3v) is 5.62. The topological polar surface area (TPSA) is 56.7 Å². The zero-order valence-electron chi connectivity index (χ0n) is 15.4. The van der Waals surface area contributed by atoms with Crippen molar-refractivity contribution in [3.63, 3.8) is 0 Å². The Labute approximate surface area is 161 Å². The predicted octanol–water partition coefficient (Wildman–Crippen LogP) is 2.72. The number of likely N-dealkylation sites (tertiary alicyclic amines) is 1. The number of carbonyl (C=O) groups excluding carboxylic acids is 1. The van der Waals surface area contributed by atoms with E-state index in [1.165, 1.54) is 11.0 Å². The number of thiazole rings is 1. The summed E-state index contributed by atoms with van der Waals surface area (Å²) in [6.07, 6.45) is 1.03. The molecule has 0 bridgehead atoms. The third-order valence-electron chi connectivity index (χ3n) is 4.66. The number of aromatic nitrogens is 1. The van der Waals surface area contributed by atoms with Crippen LogP contribution < -0.4 is 0 Å². The third kappa shape index (κ3) is 4.69. The molecule has 1 atom stereocenters. The summed E-state index contributed by atoms with van der Waals surface area (Å²) in [5.41, 5.74) is -0.0376. The highest BCUT2D eigenvalue weighted by Crippen LogP contribution is 2.26. The van der Waals surface area contributed by atoms with Crippen LogP contribution in [-0.2, 0) is 17.9 Å². The molecule has 1 unspecified atom stereocenters. The van der Waals surface area contributed by atoms with Crippen LogP contribution >= 0.6 is 11.3 Å². The Bertz CT molecular complexity index is 829. The van der Waals surface area contributed by atoms with Crippen molar-refractivity contribution >= 4 is 17.2 Å². The second-order valence-electron chi connectivity index (χ2n) is 7.17. The molecular formula is C19H23F2N3O2S. The van der Waals surface area contributed by atoms with Gasteiger partial charge in [-0.1, -0.05) is 6.07 Å². The number of aliphatic hydroxyl groups is 1. The van der Waals surface area contributed by atoms with Gasteiger partial charge in [-0.2, -0.15) is 0 Å². The van der Waals surface area contributed by atoms with Crippen molar-refractivity contribution in [2.45, 2.75) is 38.5 Å². The molecule has 0 spiro atoms. The number of likely N-dealkylation sites (N-methyl/N-ethyl adjacent to an activating group) is 1. The van der Waals surface area contributed by atoms with Gasteiger partial charge in [0.15, 0.2) is 17.2 Å². The number of halogens is 2. The Kier molecular flexibility index (Phi) is 5.88. The molecule has 3 rings (SSSR count). The molecule has 1 aliphatic heterocycles. The number of nitrogens with zero attached hydrogens (tertiary/aromatic N) is 3. The highest BCUT2D eigenvalue weighted by Gasteiger charge is 2.42. The normalized spacial score (nSPS) is 20.5. The van der Waals surface area contributed by atoms with Crippen LogP contribution in [0.2, 0.25) is 0 Å². The summed E-state index contributed by atoms with van der Waals surface area (Å²) < 4.78 is 26.5. The van der Waals surface area contributed by atoms with Crippen molar-refractivity contribution < 1.29 is 18.7 Å². The monoisotopic (exact) mass is 395 g/mol. The molecule has 2 aromatic rings. The number of carbonyl (C=O) groups is 1. The van der Waals surface area contributed by atoms with Gasteiger partial charge in [-0.3, -0.25) is 9.69 Å². The zero-order valence-corrected chi connectivity index (χ0v) is 16.2. The highest BCUT2D eigenvalue weighted by atomic mass is 32.1. The van der Waals surface area contributed by atoms with Crippen LogP contribution in [-0.4, -0.2) is 51.5 Å². The summed E-state index contributed by atoms with van der Waals surface area (Å²) >= 11 is 1.55. The van der Waals surface area contributed by atoms with E-state index in [0.29, 0.717) is 31.5 Å². The fourth-order valence-electron chi connectivity index (χ4n) is 3.43. The molecule has 1 aromatic carbocycles. The number of benzene rings is 1. The van der Waals surface area contributed by atoms with Crippen molar-refractivity contribution in [1.82, 2.24) is 14.8 Å². The van der Waals surface area contributed by atoms with Gasteiger partial charge in [-0.05, 0) is 44.5 Å². The van der Waals surface area contributed by atoms with Crippen molar-refractivity contribution in [1.29, 1.82) is 0 Å². The molecule has 1 aliphatic rings. The summed E-state index contributed by atoms with van der Waals surface area (Å²) in [5.74, 6) is -2.23. The smallest absolute Gasteiger partial charge is 0.256 e. The second kappa shape index (κ2) is 8.00. The lowest BCUT2D eigenvalue weighted by molar-refractivity contribution is -0.160. The largest absolute Gasteiger partial charge is 0.379 e. The second-order valence-corrected chi connectivity index (χ2v) is 8.11. The van der Waals surface area contributed by atoms with Crippen molar-refractivity contribution in [2.24, 2.45) is 0 Å². The molecule has 1 saturated heterocycles. The summed E-state index contributed by atoms with van der Waals surface area (Å²) in [5, 5.41) is 13.9. The summed E-state index contributed by atoms with van der Waals surface area (Å²) in [6.45, 7) is 3.30. The fraction of sp³-hybridized carbons (Fsp3) is 0.474. The van der Waals surface area contributed by atoms with E-state index in [2.05, 4.69) is 4.98 Å². The standard InChI is InChI=1S/C19H23F2N3O2S/c1-13-11-27-17(22-13)10-23(2)12-19(26)6-3-7-24(18(19)25)9-14-4-5-15(20)16(21)8-14/h4-5,8,11,26H,3,6-7,9-10,12H2,1-2H3. The zero-order chi connectivity index (χ0) is 19.6. The molecule has 1 amide bonds. The van der Waals surface area contributed by atoms with E-state index >= 15 is 0 Å². The predicted molar refractivity (Wildman–Crippen MR) is 99.1 cm³/mol. The minimum Gasteiger partial charge on any atom is -0.379 e. The number of amides is 1. The van der Waals surface area contributed by atoms with Crippen LogP contribution in [0.4, 0.5) is 8.78 Å². The maximum absolute atomic E-state index is 13.4. The van der Waals surface area contributed by atoms with Gasteiger partial charge in [0.05, 0.1) is 6.54 Å². The molecule has 27 heavy (non-hydrogen) atoms. The summed E-state index contributed by atoms with van der Waals surface area (Å²) in [6, 6.07) is 3.60. The van der Waals surface area contributed by atoms with Gasteiger partial charge in [0.25, 0.3) is 5.91 Å². The quantitative estimate of drug-likeness (QED) is 0.817. The Morgan fingerprint density at radius 3 is 2.81 bits per heavy atom.